The van der Waals surface area contributed by atoms with Crippen molar-refractivity contribution < 1.29 is 4.79 Å². The molecule has 0 atom stereocenters. The summed E-state index contributed by atoms with van der Waals surface area (Å²) in [6.45, 7) is 0. The predicted octanol–water partition coefficient (Wildman–Crippen LogP) is 4.09. The summed E-state index contributed by atoms with van der Waals surface area (Å²) in [5.74, 6) is 0.0178. The normalized spacial score (nSPS) is 10.8. The van der Waals surface area contributed by atoms with Gasteiger partial charge in [0.25, 0.3) is 0 Å². The van der Waals surface area contributed by atoms with Gasteiger partial charge in [-0.3, -0.25) is 4.79 Å². The molecule has 1 amide bonds. The maximum Gasteiger partial charge on any atom is 0.236 e. The molecule has 2 heterocycles. The van der Waals surface area contributed by atoms with E-state index < -0.39 is 0 Å². The molecule has 0 saturated carbocycles. The lowest BCUT2D eigenvalue weighted by Crippen LogP contribution is -2.14. The molecule has 2 aromatic heterocycles. The summed E-state index contributed by atoms with van der Waals surface area (Å²) in [5, 5.41) is 16.3. The number of nitrogens with one attached hydrogen (secondary N) is 1. The van der Waals surface area contributed by atoms with Crippen molar-refractivity contribution in [2.75, 3.05) is 11.1 Å². The van der Waals surface area contributed by atoms with Gasteiger partial charge in [0, 0.05) is 22.5 Å². The Hall–Kier alpha value is -2.75. The van der Waals surface area contributed by atoms with E-state index in [1.165, 1.54) is 23.1 Å². The SMILES string of the molecule is O=C(CSc1nnnn1-c1ccccc1)Nc1ncc(Cc2ccc(Cl)cc2)s1. The van der Waals surface area contributed by atoms with Gasteiger partial charge in [0.1, 0.15) is 0 Å². The van der Waals surface area contributed by atoms with Crippen molar-refractivity contribution in [2.45, 2.75) is 11.6 Å². The van der Waals surface area contributed by atoms with Crippen LogP contribution in [-0.4, -0.2) is 36.9 Å². The molecule has 4 aromatic rings. The Kier molecular flexibility index (Phi) is 6.18. The number of anilines is 1. The minimum atomic E-state index is -0.162. The zero-order valence-corrected chi connectivity index (χ0v) is 17.4. The standard InChI is InChI=1S/C19H15ClN6OS2/c20-14-8-6-13(7-9-14)10-16-11-21-18(29-16)22-17(27)12-28-19-23-24-25-26(19)15-4-2-1-3-5-15/h1-9,11H,10,12H2,(H,21,22,27). The smallest absolute Gasteiger partial charge is 0.236 e. The third-order valence-electron chi connectivity index (χ3n) is 3.87. The molecule has 10 heteroatoms. The number of nitrogens with zero attached hydrogens (tertiary/aromatic N) is 5. The largest absolute Gasteiger partial charge is 0.301 e. The first-order valence-electron chi connectivity index (χ1n) is 8.63. The summed E-state index contributed by atoms with van der Waals surface area (Å²) in [6, 6.07) is 17.2. The molecule has 0 aliphatic rings. The second-order valence-corrected chi connectivity index (χ2v) is 8.47. The number of hydrogen-bond donors (Lipinski definition) is 1. The van der Waals surface area contributed by atoms with Crippen LogP contribution >= 0.6 is 34.7 Å². The first-order valence-corrected chi connectivity index (χ1v) is 10.8. The van der Waals surface area contributed by atoms with Gasteiger partial charge in [-0.25, -0.2) is 4.98 Å². The van der Waals surface area contributed by atoms with Crippen LogP contribution in [0.25, 0.3) is 5.69 Å². The zero-order valence-electron chi connectivity index (χ0n) is 15.0. The van der Waals surface area contributed by atoms with Crippen LogP contribution in [0.5, 0.6) is 0 Å². The van der Waals surface area contributed by atoms with Crippen LogP contribution in [0.15, 0.2) is 66.0 Å². The number of halogens is 1. The molecule has 0 aliphatic heterocycles. The number of thioether (sulfide) groups is 1. The summed E-state index contributed by atoms with van der Waals surface area (Å²) in [5.41, 5.74) is 1.98. The van der Waals surface area contributed by atoms with Gasteiger partial charge in [-0.1, -0.05) is 53.7 Å². The molecule has 1 N–H and O–H groups in total. The summed E-state index contributed by atoms with van der Waals surface area (Å²) in [7, 11) is 0. The fourth-order valence-corrected chi connectivity index (χ4v) is 4.22. The molecule has 0 fully saturated rings. The number of carbonyl (C=O) groups excluding carboxylic acids is 1. The van der Waals surface area contributed by atoms with Crippen LogP contribution in [0.2, 0.25) is 5.02 Å². The molecule has 0 spiro atoms. The summed E-state index contributed by atoms with van der Waals surface area (Å²) in [6.07, 6.45) is 2.52. The lowest BCUT2D eigenvalue weighted by atomic mass is 10.1. The maximum absolute atomic E-state index is 12.3. The van der Waals surface area contributed by atoms with E-state index in [1.54, 1.807) is 10.9 Å². The highest BCUT2D eigenvalue weighted by molar-refractivity contribution is 7.99. The van der Waals surface area contributed by atoms with E-state index in [0.717, 1.165) is 22.5 Å². The molecule has 29 heavy (non-hydrogen) atoms. The van der Waals surface area contributed by atoms with E-state index in [9.17, 15) is 4.79 Å². The van der Waals surface area contributed by atoms with Gasteiger partial charge in [0.05, 0.1) is 11.4 Å². The summed E-state index contributed by atoms with van der Waals surface area (Å²) in [4.78, 5) is 17.6. The van der Waals surface area contributed by atoms with Gasteiger partial charge in [-0.15, -0.1) is 16.4 Å². The van der Waals surface area contributed by atoms with Gasteiger partial charge >= 0.3 is 0 Å². The molecule has 7 nitrogen and oxygen atoms in total. The van der Waals surface area contributed by atoms with E-state index in [-0.39, 0.29) is 11.7 Å². The second-order valence-electron chi connectivity index (χ2n) is 5.98. The number of carbonyl (C=O) groups is 1. The fraction of sp³-hybridized carbons (Fsp3) is 0.105. The maximum atomic E-state index is 12.3. The first-order chi connectivity index (χ1) is 14.2. The predicted molar refractivity (Wildman–Crippen MR) is 115 cm³/mol. The molecule has 0 aliphatic carbocycles. The van der Waals surface area contributed by atoms with Crippen molar-refractivity contribution in [3.05, 3.63) is 76.3 Å². The Labute approximate surface area is 180 Å². The minimum absolute atomic E-state index is 0.162. The van der Waals surface area contributed by atoms with Crippen molar-refractivity contribution in [3.8, 4) is 5.69 Å². The third kappa shape index (κ3) is 5.20. The van der Waals surface area contributed by atoms with E-state index in [2.05, 4.69) is 25.8 Å². The van der Waals surface area contributed by atoms with Gasteiger partial charge in [-0.05, 0) is 40.3 Å². The average Bonchev–Trinajstić information content (AvgIpc) is 3.38. The monoisotopic (exact) mass is 442 g/mol. The highest BCUT2D eigenvalue weighted by Crippen LogP contribution is 2.23. The van der Waals surface area contributed by atoms with Crippen molar-refractivity contribution in [2.24, 2.45) is 0 Å². The quantitative estimate of drug-likeness (QED) is 0.434. The highest BCUT2D eigenvalue weighted by atomic mass is 35.5. The number of para-hydroxylation sites is 1. The molecular weight excluding hydrogens is 428 g/mol. The number of hydrogen-bond acceptors (Lipinski definition) is 7. The van der Waals surface area contributed by atoms with Crippen molar-refractivity contribution in [1.29, 1.82) is 0 Å². The lowest BCUT2D eigenvalue weighted by molar-refractivity contribution is -0.113. The fourth-order valence-electron chi connectivity index (χ4n) is 2.54. The van der Waals surface area contributed by atoms with E-state index in [4.69, 9.17) is 11.6 Å². The number of amides is 1. The number of benzene rings is 2. The van der Waals surface area contributed by atoms with Crippen LogP contribution < -0.4 is 5.32 Å². The minimum Gasteiger partial charge on any atom is -0.301 e. The molecule has 0 bridgehead atoms. The van der Waals surface area contributed by atoms with Crippen LogP contribution in [-0.2, 0) is 11.2 Å². The number of aromatic nitrogens is 5. The summed E-state index contributed by atoms with van der Waals surface area (Å²) < 4.78 is 1.60. The Morgan fingerprint density at radius 1 is 1.14 bits per heavy atom. The van der Waals surface area contributed by atoms with Crippen LogP contribution in [0.1, 0.15) is 10.4 Å². The van der Waals surface area contributed by atoms with E-state index in [0.29, 0.717) is 15.3 Å². The molecule has 0 saturated heterocycles. The van der Waals surface area contributed by atoms with Crippen LogP contribution in [0, 0.1) is 0 Å². The Balaban J connectivity index is 1.32. The molecule has 0 radical (unpaired) electrons. The second kappa shape index (κ2) is 9.17. The molecule has 146 valence electrons. The van der Waals surface area contributed by atoms with Gasteiger partial charge < -0.3 is 5.32 Å². The lowest BCUT2D eigenvalue weighted by Gasteiger charge is -2.04. The summed E-state index contributed by atoms with van der Waals surface area (Å²) >= 11 is 8.63. The zero-order chi connectivity index (χ0) is 20.1. The molecular formula is C19H15ClN6OS2. The third-order valence-corrected chi connectivity index (χ3v) is 5.95. The Morgan fingerprint density at radius 3 is 2.72 bits per heavy atom. The number of rotatable bonds is 7. The van der Waals surface area contributed by atoms with Crippen LogP contribution in [0.4, 0.5) is 5.13 Å². The van der Waals surface area contributed by atoms with Gasteiger partial charge in [0.15, 0.2) is 5.13 Å². The van der Waals surface area contributed by atoms with Crippen molar-refractivity contribution in [3.63, 3.8) is 0 Å². The Bertz CT molecular complexity index is 1100. The molecule has 4 rings (SSSR count). The molecule has 2 aromatic carbocycles. The molecule has 0 unspecified atom stereocenters. The van der Waals surface area contributed by atoms with E-state index >= 15 is 0 Å². The first kappa shape index (κ1) is 19.6. The van der Waals surface area contributed by atoms with Crippen molar-refractivity contribution in [1.82, 2.24) is 25.2 Å². The average molecular weight is 443 g/mol. The number of thiazole rings is 1. The van der Waals surface area contributed by atoms with Gasteiger partial charge in [-0.2, -0.15) is 4.68 Å². The topological polar surface area (TPSA) is 85.6 Å². The Morgan fingerprint density at radius 2 is 1.93 bits per heavy atom. The number of tetrazole rings is 1. The van der Waals surface area contributed by atoms with E-state index in [1.807, 2.05) is 54.6 Å². The van der Waals surface area contributed by atoms with Gasteiger partial charge in [0.2, 0.25) is 11.1 Å². The van der Waals surface area contributed by atoms with Crippen LogP contribution in [0.3, 0.4) is 0 Å². The van der Waals surface area contributed by atoms with Crippen molar-refractivity contribution >= 4 is 45.7 Å². The highest BCUT2D eigenvalue weighted by Gasteiger charge is 2.13.